The zero-order chi connectivity index (χ0) is 15.5. The average molecular weight is 288 g/mol. The van der Waals surface area contributed by atoms with Crippen LogP contribution >= 0.6 is 0 Å². The first kappa shape index (κ1) is 15.5. The number of rotatable bonds is 4. The minimum Gasteiger partial charge on any atom is -0.355 e. The van der Waals surface area contributed by atoms with Gasteiger partial charge in [0, 0.05) is 17.9 Å². The van der Waals surface area contributed by atoms with Crippen molar-refractivity contribution in [2.45, 2.75) is 32.7 Å². The summed E-state index contributed by atoms with van der Waals surface area (Å²) in [7, 11) is 0. The molecular weight excluding hydrogens is 267 g/mol. The largest absolute Gasteiger partial charge is 0.355 e. The molecule has 2 aromatic rings. The van der Waals surface area contributed by atoms with Crippen LogP contribution in [0, 0.1) is 5.82 Å². The van der Waals surface area contributed by atoms with E-state index in [1.54, 1.807) is 0 Å². The molecule has 21 heavy (non-hydrogen) atoms. The summed E-state index contributed by atoms with van der Waals surface area (Å²) in [5, 5.41) is 11.8. The van der Waals surface area contributed by atoms with Crippen LogP contribution in [0.1, 0.15) is 31.9 Å². The highest BCUT2D eigenvalue weighted by atomic mass is 19.1. The lowest BCUT2D eigenvalue weighted by Gasteiger charge is -2.20. The zero-order valence-electron chi connectivity index (χ0n) is 12.6. The SMILES string of the molecule is CC(C)(C)c1ccc(Nc2ccc(CNO)cc2)cc1F. The molecule has 0 aliphatic heterocycles. The van der Waals surface area contributed by atoms with E-state index in [4.69, 9.17) is 5.21 Å². The van der Waals surface area contributed by atoms with Crippen LogP contribution in [-0.2, 0) is 12.0 Å². The van der Waals surface area contributed by atoms with E-state index in [-0.39, 0.29) is 11.2 Å². The second kappa shape index (κ2) is 6.24. The lowest BCUT2D eigenvalue weighted by atomic mass is 9.86. The Bertz CT molecular complexity index is 603. The fourth-order valence-corrected chi connectivity index (χ4v) is 2.16. The maximum atomic E-state index is 14.1. The normalized spacial score (nSPS) is 11.5. The van der Waals surface area contributed by atoms with E-state index >= 15 is 0 Å². The van der Waals surface area contributed by atoms with Crippen LogP contribution in [0.3, 0.4) is 0 Å². The molecule has 112 valence electrons. The van der Waals surface area contributed by atoms with Crippen molar-refractivity contribution in [1.29, 1.82) is 0 Å². The second-order valence-electron chi connectivity index (χ2n) is 6.10. The molecule has 0 amide bonds. The molecule has 0 saturated heterocycles. The van der Waals surface area contributed by atoms with Gasteiger partial charge in [-0.15, -0.1) is 0 Å². The highest BCUT2D eigenvalue weighted by Crippen LogP contribution is 2.28. The molecule has 0 aliphatic rings. The van der Waals surface area contributed by atoms with Crippen molar-refractivity contribution in [3.63, 3.8) is 0 Å². The Morgan fingerprint density at radius 1 is 1.00 bits per heavy atom. The molecule has 2 rings (SSSR count). The molecule has 2 aromatic carbocycles. The highest BCUT2D eigenvalue weighted by molar-refractivity contribution is 5.60. The first-order valence-electron chi connectivity index (χ1n) is 6.93. The maximum Gasteiger partial charge on any atom is 0.128 e. The van der Waals surface area contributed by atoms with Crippen LogP contribution in [0.2, 0.25) is 0 Å². The van der Waals surface area contributed by atoms with E-state index in [0.29, 0.717) is 17.8 Å². The molecule has 0 atom stereocenters. The van der Waals surface area contributed by atoms with Crippen molar-refractivity contribution < 1.29 is 9.60 Å². The number of benzene rings is 2. The number of hydrogen-bond donors (Lipinski definition) is 3. The van der Waals surface area contributed by atoms with Crippen molar-refractivity contribution in [1.82, 2.24) is 5.48 Å². The summed E-state index contributed by atoms with van der Waals surface area (Å²) in [4.78, 5) is 0. The van der Waals surface area contributed by atoms with Crippen LogP contribution < -0.4 is 10.8 Å². The molecule has 0 saturated carbocycles. The summed E-state index contributed by atoms with van der Waals surface area (Å²) < 4.78 is 14.1. The predicted molar refractivity (Wildman–Crippen MR) is 83.5 cm³/mol. The summed E-state index contributed by atoms with van der Waals surface area (Å²) in [5.41, 5.74) is 5.17. The Labute approximate surface area is 124 Å². The van der Waals surface area contributed by atoms with E-state index in [1.807, 2.05) is 57.2 Å². The quantitative estimate of drug-likeness (QED) is 0.733. The summed E-state index contributed by atoms with van der Waals surface area (Å²) in [5.74, 6) is -0.200. The van der Waals surface area contributed by atoms with Crippen molar-refractivity contribution in [2.75, 3.05) is 5.32 Å². The van der Waals surface area contributed by atoms with Gasteiger partial charge in [-0.05, 0) is 40.8 Å². The van der Waals surface area contributed by atoms with Crippen LogP contribution in [0.4, 0.5) is 15.8 Å². The molecule has 0 unspecified atom stereocenters. The van der Waals surface area contributed by atoms with Gasteiger partial charge in [0.25, 0.3) is 0 Å². The van der Waals surface area contributed by atoms with E-state index < -0.39 is 0 Å². The highest BCUT2D eigenvalue weighted by Gasteiger charge is 2.18. The van der Waals surface area contributed by atoms with Gasteiger partial charge in [0.2, 0.25) is 0 Å². The standard InChI is InChI=1S/C17H21FN2O/c1-17(2,3)15-9-8-14(10-16(15)18)20-13-6-4-12(5-7-13)11-19-21/h4-10,19-21H,11H2,1-3H3. The van der Waals surface area contributed by atoms with E-state index in [0.717, 1.165) is 11.3 Å². The Morgan fingerprint density at radius 3 is 2.14 bits per heavy atom. The number of halogens is 1. The summed E-state index contributed by atoms with van der Waals surface area (Å²) in [6, 6.07) is 12.8. The third-order valence-electron chi connectivity index (χ3n) is 3.30. The van der Waals surface area contributed by atoms with E-state index in [2.05, 4.69) is 10.8 Å². The van der Waals surface area contributed by atoms with Crippen molar-refractivity contribution in [3.8, 4) is 0 Å². The van der Waals surface area contributed by atoms with Crippen molar-refractivity contribution >= 4 is 11.4 Å². The van der Waals surface area contributed by atoms with Crippen LogP contribution in [0.15, 0.2) is 42.5 Å². The van der Waals surface area contributed by atoms with Gasteiger partial charge in [-0.2, -0.15) is 0 Å². The number of hydroxylamine groups is 1. The third kappa shape index (κ3) is 4.03. The van der Waals surface area contributed by atoms with Gasteiger partial charge >= 0.3 is 0 Å². The summed E-state index contributed by atoms with van der Waals surface area (Å²) in [6.07, 6.45) is 0. The van der Waals surface area contributed by atoms with Gasteiger partial charge in [-0.1, -0.05) is 39.0 Å². The zero-order valence-corrected chi connectivity index (χ0v) is 12.6. The molecule has 0 radical (unpaired) electrons. The number of hydrogen-bond acceptors (Lipinski definition) is 3. The van der Waals surface area contributed by atoms with E-state index in [9.17, 15) is 4.39 Å². The monoisotopic (exact) mass is 288 g/mol. The van der Waals surface area contributed by atoms with Crippen LogP contribution in [0.25, 0.3) is 0 Å². The lowest BCUT2D eigenvalue weighted by molar-refractivity contribution is 0.161. The molecule has 0 aromatic heterocycles. The van der Waals surface area contributed by atoms with Gasteiger partial charge in [0.15, 0.2) is 0 Å². The van der Waals surface area contributed by atoms with Crippen LogP contribution in [-0.4, -0.2) is 5.21 Å². The fourth-order valence-electron chi connectivity index (χ4n) is 2.16. The Balaban J connectivity index is 2.15. The fraction of sp³-hybridized carbons (Fsp3) is 0.294. The summed E-state index contributed by atoms with van der Waals surface area (Å²) in [6.45, 7) is 6.38. The molecule has 3 nitrogen and oxygen atoms in total. The number of nitrogens with one attached hydrogen (secondary N) is 2. The maximum absolute atomic E-state index is 14.1. The van der Waals surface area contributed by atoms with Gasteiger partial charge < -0.3 is 10.5 Å². The molecule has 0 bridgehead atoms. The molecule has 3 N–H and O–H groups in total. The Kier molecular flexibility index (Phi) is 4.60. The van der Waals surface area contributed by atoms with Crippen molar-refractivity contribution in [2.24, 2.45) is 0 Å². The molecule has 4 heteroatoms. The second-order valence-corrected chi connectivity index (χ2v) is 6.10. The lowest BCUT2D eigenvalue weighted by Crippen LogP contribution is -2.13. The van der Waals surface area contributed by atoms with Gasteiger partial charge in [-0.25, -0.2) is 9.87 Å². The van der Waals surface area contributed by atoms with Crippen LogP contribution in [0.5, 0.6) is 0 Å². The van der Waals surface area contributed by atoms with Gasteiger partial charge in [0.05, 0.1) is 0 Å². The molecule has 0 aliphatic carbocycles. The average Bonchev–Trinajstić information content (AvgIpc) is 2.40. The topological polar surface area (TPSA) is 44.3 Å². The Morgan fingerprint density at radius 2 is 1.62 bits per heavy atom. The van der Waals surface area contributed by atoms with Crippen molar-refractivity contribution in [3.05, 3.63) is 59.4 Å². The molecule has 0 fully saturated rings. The van der Waals surface area contributed by atoms with E-state index in [1.165, 1.54) is 6.07 Å². The van der Waals surface area contributed by atoms with Gasteiger partial charge in [-0.3, -0.25) is 0 Å². The molecular formula is C17H21FN2O. The first-order chi connectivity index (χ1) is 9.90. The predicted octanol–water partition coefficient (Wildman–Crippen LogP) is 4.35. The summed E-state index contributed by atoms with van der Waals surface area (Å²) >= 11 is 0. The smallest absolute Gasteiger partial charge is 0.128 e. The minimum absolute atomic E-state index is 0.200. The number of anilines is 2. The Hall–Kier alpha value is -1.91. The third-order valence-corrected chi connectivity index (χ3v) is 3.30. The minimum atomic E-state index is -0.207. The molecule has 0 heterocycles. The first-order valence-corrected chi connectivity index (χ1v) is 6.93. The van der Waals surface area contributed by atoms with Gasteiger partial charge in [0.1, 0.15) is 5.82 Å². The molecule has 0 spiro atoms.